The van der Waals surface area contributed by atoms with Crippen molar-refractivity contribution in [2.45, 2.75) is 6.92 Å². The van der Waals surface area contributed by atoms with Gasteiger partial charge in [0, 0.05) is 39.3 Å². The first-order chi connectivity index (χ1) is 10.3. The van der Waals surface area contributed by atoms with Crippen molar-refractivity contribution in [2.75, 3.05) is 56.1 Å². The maximum Gasteiger partial charge on any atom is 0.226 e. The van der Waals surface area contributed by atoms with Gasteiger partial charge in [-0.25, -0.2) is 4.98 Å². The Labute approximate surface area is 128 Å². The number of hydrogen-bond donors (Lipinski definition) is 2. The molecule has 3 rings (SSSR count). The van der Waals surface area contributed by atoms with Crippen LogP contribution in [0.15, 0.2) is 11.4 Å². The van der Waals surface area contributed by atoms with Crippen LogP contribution in [0, 0.1) is 0 Å². The molecule has 1 fully saturated rings. The Morgan fingerprint density at radius 1 is 1.29 bits per heavy atom. The van der Waals surface area contributed by atoms with E-state index in [-0.39, 0.29) is 6.61 Å². The predicted octanol–water partition coefficient (Wildman–Crippen LogP) is 1.24. The van der Waals surface area contributed by atoms with Gasteiger partial charge >= 0.3 is 0 Å². The molecule has 1 saturated heterocycles. The second-order valence-electron chi connectivity index (χ2n) is 5.09. The van der Waals surface area contributed by atoms with Crippen LogP contribution in [0.25, 0.3) is 10.2 Å². The summed E-state index contributed by atoms with van der Waals surface area (Å²) < 4.78 is 0. The molecule has 0 spiro atoms. The number of rotatable bonds is 5. The van der Waals surface area contributed by atoms with Gasteiger partial charge in [-0.1, -0.05) is 0 Å². The number of hydrogen-bond acceptors (Lipinski definition) is 7. The van der Waals surface area contributed by atoms with E-state index in [4.69, 9.17) is 10.1 Å². The summed E-state index contributed by atoms with van der Waals surface area (Å²) in [6.07, 6.45) is 0. The Balaban J connectivity index is 1.84. The Morgan fingerprint density at radius 2 is 2.10 bits per heavy atom. The summed E-state index contributed by atoms with van der Waals surface area (Å²) in [6, 6.07) is 2.10. The summed E-state index contributed by atoms with van der Waals surface area (Å²) >= 11 is 1.65. The zero-order valence-electron chi connectivity index (χ0n) is 12.2. The highest BCUT2D eigenvalue weighted by Gasteiger charge is 2.20. The summed E-state index contributed by atoms with van der Waals surface area (Å²) in [5.74, 6) is 1.74. The maximum atomic E-state index is 9.03. The SMILES string of the molecule is CCNc1nc(N2CCN(CCO)CC2)c2ccsc2n1. The number of piperazine rings is 1. The van der Waals surface area contributed by atoms with E-state index < -0.39 is 0 Å². The molecule has 0 aliphatic carbocycles. The Kier molecular flexibility index (Phi) is 4.52. The highest BCUT2D eigenvalue weighted by Crippen LogP contribution is 2.29. The van der Waals surface area contributed by atoms with Crippen molar-refractivity contribution < 1.29 is 5.11 Å². The highest BCUT2D eigenvalue weighted by molar-refractivity contribution is 7.16. The molecule has 2 aromatic rings. The second-order valence-corrected chi connectivity index (χ2v) is 5.99. The Morgan fingerprint density at radius 3 is 2.81 bits per heavy atom. The van der Waals surface area contributed by atoms with E-state index in [1.807, 2.05) is 0 Å². The van der Waals surface area contributed by atoms with Gasteiger partial charge in [-0.3, -0.25) is 4.90 Å². The number of aromatic nitrogens is 2. The first-order valence-corrected chi connectivity index (χ1v) is 8.27. The molecule has 114 valence electrons. The zero-order chi connectivity index (χ0) is 14.7. The van der Waals surface area contributed by atoms with Crippen LogP contribution in [0.2, 0.25) is 0 Å². The molecule has 0 unspecified atom stereocenters. The van der Waals surface area contributed by atoms with E-state index in [0.29, 0.717) is 5.95 Å². The van der Waals surface area contributed by atoms with Crippen LogP contribution in [0.4, 0.5) is 11.8 Å². The number of nitrogens with zero attached hydrogens (tertiary/aromatic N) is 4. The van der Waals surface area contributed by atoms with Crippen LogP contribution >= 0.6 is 11.3 Å². The molecule has 0 bridgehead atoms. The van der Waals surface area contributed by atoms with E-state index in [2.05, 4.69) is 38.5 Å². The van der Waals surface area contributed by atoms with Crippen molar-refractivity contribution in [3.05, 3.63) is 11.4 Å². The minimum absolute atomic E-state index is 0.229. The lowest BCUT2D eigenvalue weighted by molar-refractivity contribution is 0.188. The molecule has 21 heavy (non-hydrogen) atoms. The van der Waals surface area contributed by atoms with Crippen molar-refractivity contribution in [3.8, 4) is 0 Å². The molecular formula is C14H21N5OS. The standard InChI is InChI=1S/C14H21N5OS/c1-2-15-14-16-12(11-3-10-21-13(11)17-14)19-6-4-18(5-7-19)8-9-20/h3,10,20H,2,4-9H2,1H3,(H,15,16,17). The van der Waals surface area contributed by atoms with E-state index >= 15 is 0 Å². The number of aliphatic hydroxyl groups excluding tert-OH is 1. The number of fused-ring (bicyclic) bond motifs is 1. The fourth-order valence-corrected chi connectivity index (χ4v) is 3.40. The molecule has 1 aliphatic heterocycles. The molecule has 0 saturated carbocycles. The normalized spacial score (nSPS) is 16.6. The number of thiophene rings is 1. The van der Waals surface area contributed by atoms with Gasteiger partial charge in [-0.2, -0.15) is 4.98 Å². The predicted molar refractivity (Wildman–Crippen MR) is 87.3 cm³/mol. The van der Waals surface area contributed by atoms with Crippen LogP contribution < -0.4 is 10.2 Å². The fraction of sp³-hybridized carbons (Fsp3) is 0.571. The fourth-order valence-electron chi connectivity index (χ4n) is 2.64. The number of anilines is 2. The van der Waals surface area contributed by atoms with Gasteiger partial charge in [-0.05, 0) is 18.4 Å². The molecule has 1 aliphatic rings. The number of β-amino-alcohol motifs (C(OH)–C–C–N with tert-alkyl or cyclic N) is 1. The van der Waals surface area contributed by atoms with Gasteiger partial charge in [0.2, 0.25) is 5.95 Å². The average molecular weight is 307 g/mol. The third-order valence-corrected chi connectivity index (χ3v) is 4.53. The Bertz CT molecular complexity index is 594. The Hall–Kier alpha value is -1.44. The summed E-state index contributed by atoms with van der Waals surface area (Å²) in [4.78, 5) is 14.9. The van der Waals surface area contributed by atoms with Crippen molar-refractivity contribution in [1.82, 2.24) is 14.9 Å². The highest BCUT2D eigenvalue weighted by atomic mass is 32.1. The lowest BCUT2D eigenvalue weighted by Crippen LogP contribution is -2.47. The van der Waals surface area contributed by atoms with Crippen LogP contribution in [0.3, 0.4) is 0 Å². The molecule has 2 N–H and O–H groups in total. The molecule has 0 radical (unpaired) electrons. The van der Waals surface area contributed by atoms with E-state index in [0.717, 1.165) is 55.3 Å². The first-order valence-electron chi connectivity index (χ1n) is 7.39. The average Bonchev–Trinajstić information content (AvgIpc) is 2.96. The summed E-state index contributed by atoms with van der Waals surface area (Å²) in [5.41, 5.74) is 0. The van der Waals surface area contributed by atoms with Gasteiger partial charge < -0.3 is 15.3 Å². The minimum Gasteiger partial charge on any atom is -0.395 e. The number of nitrogens with one attached hydrogen (secondary N) is 1. The zero-order valence-corrected chi connectivity index (χ0v) is 13.1. The van der Waals surface area contributed by atoms with Crippen molar-refractivity contribution in [3.63, 3.8) is 0 Å². The number of aliphatic hydroxyl groups is 1. The molecule has 0 amide bonds. The third-order valence-electron chi connectivity index (χ3n) is 3.73. The van der Waals surface area contributed by atoms with Gasteiger partial charge in [-0.15, -0.1) is 11.3 Å². The monoisotopic (exact) mass is 307 g/mol. The summed E-state index contributed by atoms with van der Waals surface area (Å²) in [6.45, 7) is 7.66. The second kappa shape index (κ2) is 6.55. The lowest BCUT2D eigenvalue weighted by atomic mass is 10.2. The molecule has 2 aromatic heterocycles. The summed E-state index contributed by atoms with van der Waals surface area (Å²) in [5, 5.41) is 15.4. The molecule has 0 atom stereocenters. The molecule has 3 heterocycles. The van der Waals surface area contributed by atoms with E-state index in [1.165, 1.54) is 0 Å². The van der Waals surface area contributed by atoms with Crippen LogP contribution in [-0.4, -0.2) is 65.8 Å². The van der Waals surface area contributed by atoms with E-state index in [9.17, 15) is 0 Å². The lowest BCUT2D eigenvalue weighted by Gasteiger charge is -2.35. The van der Waals surface area contributed by atoms with Crippen LogP contribution in [0.5, 0.6) is 0 Å². The molecule has 0 aromatic carbocycles. The van der Waals surface area contributed by atoms with Gasteiger partial charge in [0.1, 0.15) is 10.6 Å². The largest absolute Gasteiger partial charge is 0.395 e. The van der Waals surface area contributed by atoms with Crippen LogP contribution in [0.1, 0.15) is 6.92 Å². The maximum absolute atomic E-state index is 9.03. The smallest absolute Gasteiger partial charge is 0.226 e. The molecular weight excluding hydrogens is 286 g/mol. The van der Waals surface area contributed by atoms with Gasteiger partial charge in [0.05, 0.1) is 12.0 Å². The topological polar surface area (TPSA) is 64.5 Å². The quantitative estimate of drug-likeness (QED) is 0.866. The van der Waals surface area contributed by atoms with Crippen molar-refractivity contribution >= 4 is 33.3 Å². The molecule has 7 heteroatoms. The van der Waals surface area contributed by atoms with E-state index in [1.54, 1.807) is 11.3 Å². The van der Waals surface area contributed by atoms with Crippen LogP contribution in [-0.2, 0) is 0 Å². The van der Waals surface area contributed by atoms with Crippen molar-refractivity contribution in [1.29, 1.82) is 0 Å². The summed E-state index contributed by atoms with van der Waals surface area (Å²) in [7, 11) is 0. The third kappa shape index (κ3) is 3.09. The van der Waals surface area contributed by atoms with Crippen molar-refractivity contribution in [2.24, 2.45) is 0 Å². The van der Waals surface area contributed by atoms with Gasteiger partial charge in [0.15, 0.2) is 0 Å². The minimum atomic E-state index is 0.229. The first kappa shape index (κ1) is 14.5. The molecule has 6 nitrogen and oxygen atoms in total. The van der Waals surface area contributed by atoms with Gasteiger partial charge in [0.25, 0.3) is 0 Å².